The highest BCUT2D eigenvalue weighted by Crippen LogP contribution is 2.16. The van der Waals surface area contributed by atoms with Crippen molar-refractivity contribution in [3.8, 4) is 0 Å². The summed E-state index contributed by atoms with van der Waals surface area (Å²) in [6.45, 7) is 6.52. The van der Waals surface area contributed by atoms with Crippen LogP contribution in [0, 0.1) is 0 Å². The number of allylic oxidation sites excluding steroid dienone is 8. The Morgan fingerprint density at radius 1 is 0.333 bits per heavy atom. The molecule has 0 aliphatic heterocycles. The number of hydrogen-bond donors (Lipinski definition) is 0. The third kappa shape index (κ3) is 52.3. The fourth-order valence-electron chi connectivity index (χ4n) is 8.30. The highest BCUT2D eigenvalue weighted by Gasteiger charge is 2.19. The van der Waals surface area contributed by atoms with E-state index in [1.54, 1.807) is 0 Å². The summed E-state index contributed by atoms with van der Waals surface area (Å²) in [4.78, 5) is 38.1. The Morgan fingerprint density at radius 3 is 1.03 bits per heavy atom. The molecule has 0 fully saturated rings. The Bertz CT molecular complexity index is 1150. The molecule has 0 aromatic heterocycles. The number of unbranched alkanes of at least 4 members (excludes halogenated alkanes) is 34. The summed E-state index contributed by atoms with van der Waals surface area (Å²) in [5.41, 5.74) is 0. The maximum absolute atomic E-state index is 12.8. The maximum atomic E-state index is 12.8. The summed E-state index contributed by atoms with van der Waals surface area (Å²) in [5.74, 6) is -0.884. The topological polar surface area (TPSA) is 78.9 Å². The molecule has 0 saturated heterocycles. The average Bonchev–Trinajstić information content (AvgIpc) is 3.31. The predicted octanol–water partition coefficient (Wildman–Crippen LogP) is 19.0. The minimum Gasteiger partial charge on any atom is -0.462 e. The molecule has 384 valence electrons. The quantitative estimate of drug-likeness (QED) is 0.0199. The minimum absolute atomic E-state index is 0.0776. The Labute approximate surface area is 409 Å². The van der Waals surface area contributed by atoms with Crippen molar-refractivity contribution in [3.63, 3.8) is 0 Å². The van der Waals surface area contributed by atoms with Gasteiger partial charge >= 0.3 is 17.9 Å². The molecule has 0 heterocycles. The Balaban J connectivity index is 4.34. The molecule has 1 atom stereocenters. The van der Waals surface area contributed by atoms with Gasteiger partial charge in [0.25, 0.3) is 0 Å². The van der Waals surface area contributed by atoms with Crippen molar-refractivity contribution in [2.45, 2.75) is 303 Å². The van der Waals surface area contributed by atoms with E-state index < -0.39 is 6.10 Å². The van der Waals surface area contributed by atoms with E-state index in [4.69, 9.17) is 14.2 Å². The molecule has 0 N–H and O–H groups in total. The Hall–Kier alpha value is -2.63. The summed E-state index contributed by atoms with van der Waals surface area (Å²) in [5, 5.41) is 0. The molecule has 0 spiro atoms. The molecule has 6 nitrogen and oxygen atoms in total. The molecule has 6 heteroatoms. The van der Waals surface area contributed by atoms with Gasteiger partial charge in [-0.1, -0.05) is 256 Å². The predicted molar refractivity (Wildman–Crippen MR) is 284 cm³/mol. The van der Waals surface area contributed by atoms with Crippen molar-refractivity contribution in [2.75, 3.05) is 13.2 Å². The van der Waals surface area contributed by atoms with E-state index in [0.29, 0.717) is 19.3 Å². The molecule has 0 aromatic rings. The molecule has 66 heavy (non-hydrogen) atoms. The zero-order valence-corrected chi connectivity index (χ0v) is 44.0. The fourth-order valence-corrected chi connectivity index (χ4v) is 8.30. The minimum atomic E-state index is -0.780. The summed E-state index contributed by atoms with van der Waals surface area (Å²) in [6, 6.07) is 0. The summed E-state index contributed by atoms with van der Waals surface area (Å²) >= 11 is 0. The number of hydrogen-bond acceptors (Lipinski definition) is 6. The normalized spacial score (nSPS) is 12.3. The molecule has 0 amide bonds. The Morgan fingerprint density at radius 2 is 0.636 bits per heavy atom. The van der Waals surface area contributed by atoms with Gasteiger partial charge in [0.1, 0.15) is 13.2 Å². The number of carbonyl (C=O) groups is 3. The average molecular weight is 926 g/mol. The van der Waals surface area contributed by atoms with Crippen molar-refractivity contribution >= 4 is 17.9 Å². The lowest BCUT2D eigenvalue weighted by atomic mass is 10.0. The molecule has 0 rings (SSSR count). The molecular weight excluding hydrogens is 817 g/mol. The molecular formula is C60H108O6. The highest BCUT2D eigenvalue weighted by molar-refractivity contribution is 5.71. The first-order valence-corrected chi connectivity index (χ1v) is 28.7. The van der Waals surface area contributed by atoms with Crippen LogP contribution >= 0.6 is 0 Å². The zero-order valence-electron chi connectivity index (χ0n) is 44.0. The van der Waals surface area contributed by atoms with Crippen LogP contribution < -0.4 is 0 Å². The molecule has 0 aliphatic carbocycles. The van der Waals surface area contributed by atoms with Gasteiger partial charge in [-0.05, 0) is 70.6 Å². The van der Waals surface area contributed by atoms with Gasteiger partial charge in [-0.15, -0.1) is 0 Å². The van der Waals surface area contributed by atoms with E-state index in [9.17, 15) is 14.4 Å². The van der Waals surface area contributed by atoms with E-state index in [1.807, 2.05) is 0 Å². The van der Waals surface area contributed by atoms with Gasteiger partial charge in [-0.3, -0.25) is 14.4 Å². The molecule has 0 radical (unpaired) electrons. The van der Waals surface area contributed by atoms with Gasteiger partial charge in [0.15, 0.2) is 6.10 Å². The second-order valence-corrected chi connectivity index (χ2v) is 19.2. The number of ether oxygens (including phenoxy) is 3. The van der Waals surface area contributed by atoms with E-state index >= 15 is 0 Å². The summed E-state index contributed by atoms with van der Waals surface area (Å²) in [7, 11) is 0. The molecule has 0 bridgehead atoms. The standard InChI is InChI=1S/C60H108O6/c1-4-7-10-13-16-19-22-25-28-29-30-31-33-35-38-41-44-47-50-53-59(62)65-56-57(55-64-58(61)52-49-46-43-40-37-34-27-24-21-18-15-12-9-6-3)66-60(63)54-51-48-45-42-39-36-32-26-23-20-17-14-11-8-5-2/h9,12,17-18,20-21,23,26,57H,4-8,10-11,13-16,19,22,24-25,27-56H2,1-3H3/b12-9-,20-17-,21-18-,26-23-. The van der Waals surface area contributed by atoms with Crippen LogP contribution in [-0.2, 0) is 28.6 Å². The highest BCUT2D eigenvalue weighted by atomic mass is 16.6. The van der Waals surface area contributed by atoms with Gasteiger partial charge in [-0.25, -0.2) is 0 Å². The van der Waals surface area contributed by atoms with Crippen molar-refractivity contribution in [2.24, 2.45) is 0 Å². The van der Waals surface area contributed by atoms with Crippen molar-refractivity contribution < 1.29 is 28.6 Å². The van der Waals surface area contributed by atoms with Crippen LogP contribution in [0.15, 0.2) is 48.6 Å². The fraction of sp³-hybridized carbons (Fsp3) is 0.817. The monoisotopic (exact) mass is 925 g/mol. The van der Waals surface area contributed by atoms with Crippen LogP contribution in [0.3, 0.4) is 0 Å². The Kier molecular flexibility index (Phi) is 52.8. The van der Waals surface area contributed by atoms with Gasteiger partial charge < -0.3 is 14.2 Å². The van der Waals surface area contributed by atoms with Crippen molar-refractivity contribution in [1.82, 2.24) is 0 Å². The first-order valence-electron chi connectivity index (χ1n) is 28.7. The van der Waals surface area contributed by atoms with Crippen LogP contribution in [-0.4, -0.2) is 37.2 Å². The third-order valence-corrected chi connectivity index (χ3v) is 12.6. The SMILES string of the molecule is CC/C=C\C/C=C\CCCCCCCCCC(=O)OCC(COC(=O)CCCCCCCCCCCCCCCCCCCCC)OC(=O)CCCCCCCC/C=C\C=C/CCCCC. The molecule has 1 unspecified atom stereocenters. The van der Waals surface area contributed by atoms with Crippen molar-refractivity contribution in [1.29, 1.82) is 0 Å². The number of carbonyl (C=O) groups excluding carboxylic acids is 3. The molecule has 0 aliphatic rings. The second kappa shape index (κ2) is 55.0. The number of esters is 3. The maximum Gasteiger partial charge on any atom is 0.306 e. The lowest BCUT2D eigenvalue weighted by Gasteiger charge is -2.18. The van der Waals surface area contributed by atoms with Crippen LogP contribution in [0.4, 0.5) is 0 Å². The third-order valence-electron chi connectivity index (χ3n) is 12.6. The van der Waals surface area contributed by atoms with Crippen molar-refractivity contribution in [3.05, 3.63) is 48.6 Å². The van der Waals surface area contributed by atoms with Crippen LogP contribution in [0.25, 0.3) is 0 Å². The number of rotatable bonds is 52. The smallest absolute Gasteiger partial charge is 0.306 e. The lowest BCUT2D eigenvalue weighted by Crippen LogP contribution is -2.30. The van der Waals surface area contributed by atoms with Crippen LogP contribution in [0.5, 0.6) is 0 Å². The van der Waals surface area contributed by atoms with Gasteiger partial charge in [0, 0.05) is 19.3 Å². The van der Waals surface area contributed by atoms with E-state index in [-0.39, 0.29) is 31.1 Å². The largest absolute Gasteiger partial charge is 0.462 e. The molecule has 0 aromatic carbocycles. The summed E-state index contributed by atoms with van der Waals surface area (Å²) < 4.78 is 16.9. The van der Waals surface area contributed by atoms with E-state index in [0.717, 1.165) is 83.5 Å². The lowest BCUT2D eigenvalue weighted by molar-refractivity contribution is -0.167. The van der Waals surface area contributed by atoms with Gasteiger partial charge in [-0.2, -0.15) is 0 Å². The van der Waals surface area contributed by atoms with Gasteiger partial charge in [0.05, 0.1) is 0 Å². The zero-order chi connectivity index (χ0) is 47.9. The first kappa shape index (κ1) is 63.4. The van der Waals surface area contributed by atoms with E-state index in [1.165, 1.54) is 173 Å². The second-order valence-electron chi connectivity index (χ2n) is 19.2. The first-order chi connectivity index (χ1) is 32.5. The van der Waals surface area contributed by atoms with Crippen LogP contribution in [0.1, 0.15) is 297 Å². The van der Waals surface area contributed by atoms with Crippen LogP contribution in [0.2, 0.25) is 0 Å². The summed E-state index contributed by atoms with van der Waals surface area (Å²) in [6.07, 6.45) is 66.7. The van der Waals surface area contributed by atoms with E-state index in [2.05, 4.69) is 69.4 Å². The molecule has 0 saturated carbocycles. The van der Waals surface area contributed by atoms with Gasteiger partial charge in [0.2, 0.25) is 0 Å².